The Morgan fingerprint density at radius 3 is 2.58 bits per heavy atom. The lowest BCUT2D eigenvalue weighted by atomic mass is 10.1. The number of benzene rings is 1. The fourth-order valence-electron chi connectivity index (χ4n) is 2.94. The molecule has 2 rings (SSSR count). The maximum atomic E-state index is 12.4. The molecule has 0 bridgehead atoms. The van der Waals surface area contributed by atoms with Gasteiger partial charge in [0, 0.05) is 25.1 Å². The van der Waals surface area contributed by atoms with Gasteiger partial charge in [-0.05, 0) is 25.0 Å². The number of amides is 2. The summed E-state index contributed by atoms with van der Waals surface area (Å²) in [6.07, 6.45) is 1.99. The van der Waals surface area contributed by atoms with Crippen molar-refractivity contribution in [3.05, 3.63) is 18.2 Å². The van der Waals surface area contributed by atoms with Crippen LogP contribution in [0.3, 0.4) is 0 Å². The summed E-state index contributed by atoms with van der Waals surface area (Å²) in [4.78, 5) is 26.5. The van der Waals surface area contributed by atoms with Gasteiger partial charge in [0.05, 0.1) is 25.8 Å². The van der Waals surface area contributed by atoms with Gasteiger partial charge in [0.15, 0.2) is 0 Å². The van der Waals surface area contributed by atoms with Gasteiger partial charge in [-0.2, -0.15) is 0 Å². The SMILES string of the molecule is CCC(CC)NC(=O)[C@@H]1CC(=O)N(c2cc(OC)ccc2OC)C1. The van der Waals surface area contributed by atoms with E-state index >= 15 is 0 Å². The van der Waals surface area contributed by atoms with Gasteiger partial charge in [0.2, 0.25) is 11.8 Å². The number of nitrogens with zero attached hydrogens (tertiary/aromatic N) is 1. The van der Waals surface area contributed by atoms with Crippen molar-refractivity contribution in [2.45, 2.75) is 39.2 Å². The molecule has 24 heavy (non-hydrogen) atoms. The number of carbonyl (C=O) groups is 2. The Hall–Kier alpha value is -2.24. The summed E-state index contributed by atoms with van der Waals surface area (Å²) in [5.74, 6) is 0.760. The van der Waals surface area contributed by atoms with Crippen LogP contribution in [0.5, 0.6) is 11.5 Å². The van der Waals surface area contributed by atoms with E-state index in [1.54, 1.807) is 37.3 Å². The molecule has 1 atom stereocenters. The van der Waals surface area contributed by atoms with E-state index in [-0.39, 0.29) is 30.2 Å². The zero-order valence-corrected chi connectivity index (χ0v) is 14.8. The molecular weight excluding hydrogens is 308 g/mol. The molecule has 0 radical (unpaired) electrons. The number of rotatable bonds is 7. The summed E-state index contributed by atoms with van der Waals surface area (Å²) in [5, 5.41) is 3.03. The quantitative estimate of drug-likeness (QED) is 0.831. The van der Waals surface area contributed by atoms with Crippen molar-refractivity contribution in [3.63, 3.8) is 0 Å². The van der Waals surface area contributed by atoms with Gasteiger partial charge < -0.3 is 19.7 Å². The van der Waals surface area contributed by atoms with Crippen LogP contribution < -0.4 is 19.7 Å². The number of anilines is 1. The molecule has 2 amide bonds. The first-order valence-electron chi connectivity index (χ1n) is 8.36. The molecule has 0 aromatic heterocycles. The van der Waals surface area contributed by atoms with Crippen LogP contribution in [0, 0.1) is 5.92 Å². The van der Waals surface area contributed by atoms with Gasteiger partial charge in [-0.3, -0.25) is 9.59 Å². The van der Waals surface area contributed by atoms with Gasteiger partial charge in [-0.1, -0.05) is 13.8 Å². The van der Waals surface area contributed by atoms with Crippen LogP contribution in [0.25, 0.3) is 0 Å². The molecule has 1 aromatic rings. The summed E-state index contributed by atoms with van der Waals surface area (Å²) >= 11 is 0. The third kappa shape index (κ3) is 3.80. The minimum absolute atomic E-state index is 0.0542. The Balaban J connectivity index is 2.16. The van der Waals surface area contributed by atoms with Crippen LogP contribution in [-0.4, -0.2) is 38.6 Å². The number of hydrogen-bond donors (Lipinski definition) is 1. The number of nitrogens with one attached hydrogen (secondary N) is 1. The van der Waals surface area contributed by atoms with Crippen LogP contribution in [0.1, 0.15) is 33.1 Å². The maximum Gasteiger partial charge on any atom is 0.227 e. The number of carbonyl (C=O) groups excluding carboxylic acids is 2. The highest BCUT2D eigenvalue weighted by atomic mass is 16.5. The van der Waals surface area contributed by atoms with Gasteiger partial charge in [-0.25, -0.2) is 0 Å². The topological polar surface area (TPSA) is 67.9 Å². The average molecular weight is 334 g/mol. The van der Waals surface area contributed by atoms with Crippen LogP contribution in [0.15, 0.2) is 18.2 Å². The minimum Gasteiger partial charge on any atom is -0.497 e. The average Bonchev–Trinajstić information content (AvgIpc) is 3.00. The highest BCUT2D eigenvalue weighted by Gasteiger charge is 2.36. The molecular formula is C18H26N2O4. The van der Waals surface area contributed by atoms with Crippen molar-refractivity contribution in [3.8, 4) is 11.5 Å². The van der Waals surface area contributed by atoms with Crippen LogP contribution in [-0.2, 0) is 9.59 Å². The van der Waals surface area contributed by atoms with E-state index in [2.05, 4.69) is 5.32 Å². The Morgan fingerprint density at radius 1 is 1.29 bits per heavy atom. The first-order valence-corrected chi connectivity index (χ1v) is 8.36. The van der Waals surface area contributed by atoms with E-state index in [1.165, 1.54) is 0 Å². The normalized spacial score (nSPS) is 17.3. The molecule has 0 saturated carbocycles. The van der Waals surface area contributed by atoms with Crippen molar-refractivity contribution in [1.82, 2.24) is 5.32 Å². The molecule has 6 nitrogen and oxygen atoms in total. The molecule has 0 aliphatic carbocycles. The third-order valence-electron chi connectivity index (χ3n) is 4.50. The first kappa shape index (κ1) is 18.1. The Labute approximate surface area is 143 Å². The minimum atomic E-state index is -0.339. The fourth-order valence-corrected chi connectivity index (χ4v) is 2.94. The second kappa shape index (κ2) is 8.04. The van der Waals surface area contributed by atoms with Crippen molar-refractivity contribution in [2.75, 3.05) is 25.7 Å². The lowest BCUT2D eigenvalue weighted by molar-refractivity contribution is -0.127. The molecule has 1 aliphatic rings. The van der Waals surface area contributed by atoms with E-state index in [4.69, 9.17) is 9.47 Å². The summed E-state index contributed by atoms with van der Waals surface area (Å²) in [7, 11) is 3.13. The van der Waals surface area contributed by atoms with Crippen molar-refractivity contribution in [2.24, 2.45) is 5.92 Å². The van der Waals surface area contributed by atoms with Crippen LogP contribution >= 0.6 is 0 Å². The second-order valence-electron chi connectivity index (χ2n) is 5.97. The van der Waals surface area contributed by atoms with Crippen LogP contribution in [0.2, 0.25) is 0 Å². The molecule has 6 heteroatoms. The predicted molar refractivity (Wildman–Crippen MR) is 92.5 cm³/mol. The molecule has 0 spiro atoms. The van der Waals surface area contributed by atoms with E-state index in [0.717, 1.165) is 12.8 Å². The van der Waals surface area contributed by atoms with E-state index < -0.39 is 0 Å². The summed E-state index contributed by atoms with van der Waals surface area (Å²) < 4.78 is 10.6. The largest absolute Gasteiger partial charge is 0.497 e. The molecule has 1 N–H and O–H groups in total. The first-order chi connectivity index (χ1) is 11.5. The summed E-state index contributed by atoms with van der Waals surface area (Å²) in [5.41, 5.74) is 0.639. The third-order valence-corrected chi connectivity index (χ3v) is 4.50. The fraction of sp³-hybridized carbons (Fsp3) is 0.556. The van der Waals surface area contributed by atoms with Crippen molar-refractivity contribution in [1.29, 1.82) is 0 Å². The highest BCUT2D eigenvalue weighted by Crippen LogP contribution is 2.36. The van der Waals surface area contributed by atoms with E-state index in [1.807, 2.05) is 13.8 Å². The molecule has 1 aromatic carbocycles. The molecule has 1 saturated heterocycles. The number of methoxy groups -OCH3 is 2. The molecule has 1 fully saturated rings. The predicted octanol–water partition coefficient (Wildman–Crippen LogP) is 2.36. The Bertz CT molecular complexity index is 599. The van der Waals surface area contributed by atoms with Gasteiger partial charge in [0.25, 0.3) is 0 Å². The second-order valence-corrected chi connectivity index (χ2v) is 5.97. The summed E-state index contributed by atoms with van der Waals surface area (Å²) in [6.45, 7) is 4.44. The maximum absolute atomic E-state index is 12.4. The molecule has 1 heterocycles. The Kier molecular flexibility index (Phi) is 6.06. The summed E-state index contributed by atoms with van der Waals surface area (Å²) in [6, 6.07) is 5.46. The lowest BCUT2D eigenvalue weighted by Crippen LogP contribution is -2.39. The lowest BCUT2D eigenvalue weighted by Gasteiger charge is -2.21. The van der Waals surface area contributed by atoms with Gasteiger partial charge >= 0.3 is 0 Å². The van der Waals surface area contributed by atoms with E-state index in [9.17, 15) is 9.59 Å². The standard InChI is InChI=1S/C18H26N2O4/c1-5-13(6-2)19-18(22)12-9-17(21)20(11-12)15-10-14(23-3)7-8-16(15)24-4/h7-8,10,12-13H,5-6,9,11H2,1-4H3,(H,19,22)/t12-/m1/s1. The molecule has 132 valence electrons. The Morgan fingerprint density at radius 2 is 2.00 bits per heavy atom. The zero-order valence-electron chi connectivity index (χ0n) is 14.8. The molecule has 0 unspecified atom stereocenters. The molecule has 1 aliphatic heterocycles. The van der Waals surface area contributed by atoms with Crippen molar-refractivity contribution < 1.29 is 19.1 Å². The smallest absolute Gasteiger partial charge is 0.227 e. The van der Waals surface area contributed by atoms with Gasteiger partial charge in [-0.15, -0.1) is 0 Å². The highest BCUT2D eigenvalue weighted by molar-refractivity contribution is 6.01. The van der Waals surface area contributed by atoms with Crippen LogP contribution in [0.4, 0.5) is 5.69 Å². The number of hydrogen-bond acceptors (Lipinski definition) is 4. The zero-order chi connectivity index (χ0) is 17.7. The van der Waals surface area contributed by atoms with E-state index in [0.29, 0.717) is 23.7 Å². The van der Waals surface area contributed by atoms with Crippen molar-refractivity contribution >= 4 is 17.5 Å². The van der Waals surface area contributed by atoms with Gasteiger partial charge in [0.1, 0.15) is 11.5 Å². The number of ether oxygens (including phenoxy) is 2. The monoisotopic (exact) mass is 334 g/mol.